The summed E-state index contributed by atoms with van der Waals surface area (Å²) in [5.74, 6) is -0.716. The molecule has 0 unspecified atom stereocenters. The van der Waals surface area contributed by atoms with E-state index in [2.05, 4.69) is 20.7 Å². The van der Waals surface area contributed by atoms with Crippen LogP contribution in [0.5, 0.6) is 0 Å². The fourth-order valence-corrected chi connectivity index (χ4v) is 4.37. The maximum Gasteiger partial charge on any atom is 0.253 e. The quantitative estimate of drug-likeness (QED) is 0.305. The van der Waals surface area contributed by atoms with Gasteiger partial charge in [-0.25, -0.2) is 8.91 Å². The van der Waals surface area contributed by atoms with Crippen LogP contribution in [-0.2, 0) is 11.8 Å². The summed E-state index contributed by atoms with van der Waals surface area (Å²) in [6, 6.07) is 15.5. The summed E-state index contributed by atoms with van der Waals surface area (Å²) in [6.45, 7) is 1.83. The van der Waals surface area contributed by atoms with E-state index >= 15 is 0 Å². The van der Waals surface area contributed by atoms with Gasteiger partial charge in [0.25, 0.3) is 11.8 Å². The molecule has 2 aromatic carbocycles. The molecular weight excluding hydrogens is 497 g/mol. The summed E-state index contributed by atoms with van der Waals surface area (Å²) >= 11 is 0. The summed E-state index contributed by atoms with van der Waals surface area (Å²) in [7, 11) is 5.54. The van der Waals surface area contributed by atoms with Crippen molar-refractivity contribution < 1.29 is 14.0 Å². The van der Waals surface area contributed by atoms with Crippen LogP contribution in [0.1, 0.15) is 28.9 Å². The van der Waals surface area contributed by atoms with Gasteiger partial charge in [-0.05, 0) is 60.0 Å². The van der Waals surface area contributed by atoms with E-state index in [1.165, 1.54) is 18.2 Å². The van der Waals surface area contributed by atoms with Crippen LogP contribution in [0.15, 0.2) is 79.3 Å². The molecule has 3 aromatic heterocycles. The number of fused-ring (bicyclic) bond motifs is 2. The minimum absolute atomic E-state index is 0.199. The Bertz CT molecular complexity index is 1730. The van der Waals surface area contributed by atoms with Gasteiger partial charge in [0.15, 0.2) is 5.65 Å². The largest absolute Gasteiger partial charge is 0.383 e. The van der Waals surface area contributed by atoms with Crippen LogP contribution < -0.4 is 10.6 Å². The Kier molecular flexibility index (Phi) is 6.84. The maximum absolute atomic E-state index is 13.7. The molecule has 5 aromatic rings. The third kappa shape index (κ3) is 5.49. The highest BCUT2D eigenvalue weighted by atomic mass is 19.1. The second-order valence-corrected chi connectivity index (χ2v) is 9.56. The van der Waals surface area contributed by atoms with Crippen molar-refractivity contribution in [2.45, 2.75) is 13.0 Å². The smallest absolute Gasteiger partial charge is 0.253 e. The summed E-state index contributed by atoms with van der Waals surface area (Å²) in [5.41, 5.74) is 4.46. The number of nitrogens with one attached hydrogen (secondary N) is 2. The van der Waals surface area contributed by atoms with E-state index < -0.39 is 0 Å². The monoisotopic (exact) mass is 525 g/mol. The third-order valence-electron chi connectivity index (χ3n) is 6.36. The first kappa shape index (κ1) is 25.7. The first-order valence-electron chi connectivity index (χ1n) is 12.4. The van der Waals surface area contributed by atoms with E-state index in [1.807, 2.05) is 63.0 Å². The first-order chi connectivity index (χ1) is 18.7. The fraction of sp³-hybridized carbons (Fsp3) is 0.172. The summed E-state index contributed by atoms with van der Waals surface area (Å²) < 4.78 is 17.2. The Morgan fingerprint density at radius 2 is 1.87 bits per heavy atom. The van der Waals surface area contributed by atoms with Gasteiger partial charge < -0.3 is 14.8 Å². The predicted molar refractivity (Wildman–Crippen MR) is 149 cm³/mol. The van der Waals surface area contributed by atoms with Crippen molar-refractivity contribution in [3.63, 3.8) is 0 Å². The first-order valence-corrected chi connectivity index (χ1v) is 12.4. The van der Waals surface area contributed by atoms with Crippen molar-refractivity contribution in [3.8, 4) is 11.1 Å². The molecule has 5 rings (SSSR count). The van der Waals surface area contributed by atoms with Crippen LogP contribution in [0.3, 0.4) is 0 Å². The lowest BCUT2D eigenvalue weighted by Crippen LogP contribution is -2.26. The number of hydrogen-bond donors (Lipinski definition) is 2. The van der Waals surface area contributed by atoms with Crippen molar-refractivity contribution in [2.75, 3.05) is 19.4 Å². The molecule has 0 radical (unpaired) electrons. The van der Waals surface area contributed by atoms with Gasteiger partial charge in [-0.1, -0.05) is 18.2 Å². The van der Waals surface area contributed by atoms with Crippen LogP contribution in [0.2, 0.25) is 0 Å². The molecule has 0 bridgehead atoms. The minimum Gasteiger partial charge on any atom is -0.383 e. The molecule has 3 heterocycles. The van der Waals surface area contributed by atoms with E-state index in [1.54, 1.807) is 40.1 Å². The van der Waals surface area contributed by atoms with Gasteiger partial charge >= 0.3 is 0 Å². The van der Waals surface area contributed by atoms with E-state index in [0.29, 0.717) is 16.8 Å². The van der Waals surface area contributed by atoms with Gasteiger partial charge in [0.2, 0.25) is 5.95 Å². The number of anilines is 1. The average Bonchev–Trinajstić information content (AvgIpc) is 3.46. The molecule has 39 heavy (non-hydrogen) atoms. The Balaban J connectivity index is 1.42. The molecule has 0 aliphatic carbocycles. The zero-order chi connectivity index (χ0) is 27.7. The fourth-order valence-electron chi connectivity index (χ4n) is 4.37. The Morgan fingerprint density at radius 3 is 2.64 bits per heavy atom. The number of aryl methyl sites for hydroxylation is 1. The highest BCUT2D eigenvalue weighted by Gasteiger charge is 2.18. The van der Waals surface area contributed by atoms with Crippen molar-refractivity contribution in [1.82, 2.24) is 29.4 Å². The molecule has 2 amide bonds. The molecule has 1 atom stereocenters. The van der Waals surface area contributed by atoms with Crippen LogP contribution in [0.4, 0.5) is 10.3 Å². The number of benzene rings is 2. The van der Waals surface area contributed by atoms with Gasteiger partial charge in [0.05, 0.1) is 11.6 Å². The second-order valence-electron chi connectivity index (χ2n) is 9.56. The number of hydrogen-bond acceptors (Lipinski definition) is 5. The molecular formula is C29H28FN7O2. The number of amides is 2. The maximum atomic E-state index is 13.7. The molecule has 0 spiro atoms. The lowest BCUT2D eigenvalue weighted by molar-refractivity contribution is -0.112. The molecule has 10 heteroatoms. The van der Waals surface area contributed by atoms with Crippen molar-refractivity contribution >= 4 is 34.3 Å². The lowest BCUT2D eigenvalue weighted by atomic mass is 10.0. The van der Waals surface area contributed by atoms with Gasteiger partial charge in [-0.2, -0.15) is 4.98 Å². The SMILES string of the molecule is C[C@H](NC(=O)c1cn(C)c2ccc(-c3ccn4nc(NC(=O)/C=C/N(C)C)nc4c3)cc12)c1cccc(F)c1. The Hall–Kier alpha value is -4.99. The van der Waals surface area contributed by atoms with Crippen LogP contribution >= 0.6 is 0 Å². The standard InChI is InChI=1S/C29H28FN7O2/c1-18(19-6-5-7-22(30)14-19)31-28(39)24-17-36(4)25-9-8-20(15-23(24)25)21-10-13-37-26(16-21)32-29(34-37)33-27(38)11-12-35(2)3/h5-18H,1-4H3,(H,31,39)(H,33,34,38)/b12-11+/t18-/m0/s1. The number of halogens is 1. The number of carbonyl (C=O) groups is 2. The number of aromatic nitrogens is 4. The van der Waals surface area contributed by atoms with Crippen molar-refractivity contribution in [1.29, 1.82) is 0 Å². The minimum atomic E-state index is -0.366. The number of nitrogens with zero attached hydrogens (tertiary/aromatic N) is 5. The second kappa shape index (κ2) is 10.4. The Morgan fingerprint density at radius 1 is 1.08 bits per heavy atom. The molecule has 0 fully saturated rings. The van der Waals surface area contributed by atoms with Gasteiger partial charge in [0, 0.05) is 56.7 Å². The van der Waals surface area contributed by atoms with Crippen molar-refractivity contribution in [3.05, 3.63) is 96.2 Å². The van der Waals surface area contributed by atoms with Crippen molar-refractivity contribution in [2.24, 2.45) is 7.05 Å². The van der Waals surface area contributed by atoms with E-state index in [-0.39, 0.29) is 29.6 Å². The average molecular weight is 526 g/mol. The van der Waals surface area contributed by atoms with Crippen LogP contribution in [0, 0.1) is 5.82 Å². The summed E-state index contributed by atoms with van der Waals surface area (Å²) in [4.78, 5) is 31.5. The van der Waals surface area contributed by atoms with Gasteiger partial charge in [-0.15, -0.1) is 5.10 Å². The number of pyridine rings is 1. The van der Waals surface area contributed by atoms with E-state index in [9.17, 15) is 14.0 Å². The lowest BCUT2D eigenvalue weighted by Gasteiger charge is -2.14. The van der Waals surface area contributed by atoms with Gasteiger partial charge in [0.1, 0.15) is 5.82 Å². The number of rotatable bonds is 7. The molecule has 0 aliphatic heterocycles. The van der Waals surface area contributed by atoms with Crippen LogP contribution in [0.25, 0.3) is 27.7 Å². The predicted octanol–water partition coefficient (Wildman–Crippen LogP) is 4.53. The third-order valence-corrected chi connectivity index (χ3v) is 6.36. The highest BCUT2D eigenvalue weighted by molar-refractivity contribution is 6.08. The zero-order valence-electron chi connectivity index (χ0n) is 22.0. The number of carbonyl (C=O) groups excluding carboxylic acids is 2. The van der Waals surface area contributed by atoms with Gasteiger partial charge in [-0.3, -0.25) is 14.9 Å². The zero-order valence-corrected chi connectivity index (χ0v) is 22.0. The topological polar surface area (TPSA) is 96.6 Å². The molecule has 198 valence electrons. The van der Waals surface area contributed by atoms with Crippen LogP contribution in [-0.4, -0.2) is 50.0 Å². The van der Waals surface area contributed by atoms with E-state index in [4.69, 9.17) is 0 Å². The highest BCUT2D eigenvalue weighted by Crippen LogP contribution is 2.29. The normalized spacial score (nSPS) is 12.2. The summed E-state index contributed by atoms with van der Waals surface area (Å²) in [5, 5.41) is 10.7. The molecule has 2 N–H and O–H groups in total. The molecule has 0 saturated carbocycles. The molecule has 9 nitrogen and oxygen atoms in total. The van der Waals surface area contributed by atoms with E-state index in [0.717, 1.165) is 22.0 Å². The Labute approximate surface area is 224 Å². The molecule has 0 aliphatic rings. The summed E-state index contributed by atoms with van der Waals surface area (Å²) in [6.07, 6.45) is 6.61. The molecule has 0 saturated heterocycles.